The van der Waals surface area contributed by atoms with E-state index in [0.29, 0.717) is 0 Å². The van der Waals surface area contributed by atoms with Crippen molar-refractivity contribution < 1.29 is 18.0 Å². The Kier molecular flexibility index (Phi) is 4.45. The van der Waals surface area contributed by atoms with E-state index in [1.807, 2.05) is 30.3 Å². The molecule has 0 saturated carbocycles. The monoisotopic (exact) mass is 228 g/mol. The highest BCUT2D eigenvalue weighted by molar-refractivity contribution is 7.62. The van der Waals surface area contributed by atoms with E-state index in [2.05, 4.69) is 14.7 Å². The summed E-state index contributed by atoms with van der Waals surface area (Å²) in [6, 6.07) is 9.16. The average molecular weight is 228 g/mol. The third-order valence-corrected chi connectivity index (χ3v) is 1.73. The highest BCUT2D eigenvalue weighted by Crippen LogP contribution is 1.97. The van der Waals surface area contributed by atoms with Crippen LogP contribution in [0, 0.1) is 0 Å². The zero-order chi connectivity index (χ0) is 11.1. The second kappa shape index (κ2) is 5.89. The summed E-state index contributed by atoms with van der Waals surface area (Å²) in [5.74, 6) is 0. The summed E-state index contributed by atoms with van der Waals surface area (Å²) < 4.78 is 22.5. The Morgan fingerprint density at radius 2 is 2.00 bits per heavy atom. The van der Waals surface area contributed by atoms with E-state index in [9.17, 15) is 13.2 Å². The highest BCUT2D eigenvalue weighted by atomic mass is 32.2. The summed E-state index contributed by atoms with van der Waals surface area (Å²) in [6.45, 7) is 0.285. The third-order valence-electron chi connectivity index (χ3n) is 1.43. The summed E-state index contributed by atoms with van der Waals surface area (Å²) in [5, 5.41) is 0. The second-order valence-corrected chi connectivity index (χ2v) is 3.10. The highest BCUT2D eigenvalue weighted by Gasteiger charge is 1.99. The van der Waals surface area contributed by atoms with Crippen molar-refractivity contribution in [1.82, 2.24) is 5.48 Å². The Balaban J connectivity index is 2.34. The van der Waals surface area contributed by atoms with Crippen molar-refractivity contribution in [1.29, 1.82) is 0 Å². The third kappa shape index (κ3) is 4.89. The van der Waals surface area contributed by atoms with Crippen molar-refractivity contribution in [3.8, 4) is 0 Å². The molecular weight excluding hydrogens is 220 g/mol. The summed E-state index contributed by atoms with van der Waals surface area (Å²) in [5.41, 5.74) is 3.19. The van der Waals surface area contributed by atoms with Gasteiger partial charge in [0.05, 0.1) is 6.54 Å². The molecule has 1 rings (SSSR count). The van der Waals surface area contributed by atoms with Gasteiger partial charge in [-0.15, -0.1) is 5.48 Å². The van der Waals surface area contributed by atoms with Crippen LogP contribution in [-0.2, 0) is 21.9 Å². The molecule has 1 aromatic rings. The Hall–Kier alpha value is -1.73. The van der Waals surface area contributed by atoms with Crippen LogP contribution in [0.4, 0.5) is 4.79 Å². The van der Waals surface area contributed by atoms with Crippen LogP contribution in [0.3, 0.4) is 0 Å². The van der Waals surface area contributed by atoms with Crippen molar-refractivity contribution in [3.63, 3.8) is 0 Å². The fraction of sp³-hybridized carbons (Fsp3) is 0.125. The van der Waals surface area contributed by atoms with E-state index in [-0.39, 0.29) is 6.54 Å². The van der Waals surface area contributed by atoms with Crippen LogP contribution in [0.15, 0.2) is 34.7 Å². The number of amides is 1. The van der Waals surface area contributed by atoms with Gasteiger partial charge in [0.1, 0.15) is 0 Å². The summed E-state index contributed by atoms with van der Waals surface area (Å²) in [4.78, 5) is 14.9. The molecule has 0 aromatic heterocycles. The number of carbonyl (C=O) groups is 1. The first-order chi connectivity index (χ1) is 7.18. The van der Waals surface area contributed by atoms with Crippen molar-refractivity contribution in [2.75, 3.05) is 0 Å². The van der Waals surface area contributed by atoms with E-state index in [4.69, 9.17) is 0 Å². The molecule has 80 valence electrons. The Morgan fingerprint density at radius 1 is 1.33 bits per heavy atom. The second-order valence-electron chi connectivity index (χ2n) is 2.48. The predicted molar refractivity (Wildman–Crippen MR) is 51.1 cm³/mol. The van der Waals surface area contributed by atoms with Gasteiger partial charge >= 0.3 is 16.6 Å². The van der Waals surface area contributed by atoms with Crippen LogP contribution in [0.2, 0.25) is 0 Å². The molecule has 0 aliphatic heterocycles. The normalized spacial score (nSPS) is 9.33. The number of hydrogen-bond acceptors (Lipinski definition) is 5. The lowest BCUT2D eigenvalue weighted by molar-refractivity contribution is 0.0961. The lowest BCUT2D eigenvalue weighted by Crippen LogP contribution is -2.16. The first-order valence-electron chi connectivity index (χ1n) is 3.97. The molecule has 0 aliphatic carbocycles. The molecule has 0 unspecified atom stereocenters. The lowest BCUT2D eigenvalue weighted by atomic mass is 10.2. The number of rotatable bonds is 3. The molecule has 7 heteroatoms. The minimum absolute atomic E-state index is 0.285. The molecule has 1 amide bonds. The zero-order valence-corrected chi connectivity index (χ0v) is 8.40. The van der Waals surface area contributed by atoms with Crippen molar-refractivity contribution in [2.45, 2.75) is 6.54 Å². The van der Waals surface area contributed by atoms with Gasteiger partial charge in [0, 0.05) is 0 Å². The quantitative estimate of drug-likeness (QED) is 0.776. The number of nitrogens with one attached hydrogen (secondary N) is 1. The minimum atomic E-state index is -2.78. The standard InChI is InChI=1S/C8H8N2O4S/c11-8(10-15(12)13)14-9-6-7-4-2-1-3-5-7/h1-5,9H,6H2. The van der Waals surface area contributed by atoms with Gasteiger partial charge in [-0.2, -0.15) is 8.42 Å². The molecule has 0 heterocycles. The maximum Gasteiger partial charge on any atom is 0.467 e. The Labute approximate surface area is 87.5 Å². The lowest BCUT2D eigenvalue weighted by Gasteiger charge is -2.01. The van der Waals surface area contributed by atoms with Crippen LogP contribution < -0.4 is 5.48 Å². The van der Waals surface area contributed by atoms with Gasteiger partial charge in [0.25, 0.3) is 0 Å². The van der Waals surface area contributed by atoms with Gasteiger partial charge in [-0.05, 0) is 5.56 Å². The molecule has 15 heavy (non-hydrogen) atoms. The van der Waals surface area contributed by atoms with E-state index in [1.165, 1.54) is 0 Å². The number of hydroxylamine groups is 1. The minimum Gasteiger partial charge on any atom is -0.351 e. The fourth-order valence-electron chi connectivity index (χ4n) is 0.857. The van der Waals surface area contributed by atoms with Gasteiger partial charge in [-0.25, -0.2) is 4.79 Å². The fourth-order valence-corrected chi connectivity index (χ4v) is 1.02. The van der Waals surface area contributed by atoms with E-state index in [0.717, 1.165) is 5.56 Å². The van der Waals surface area contributed by atoms with Crippen molar-refractivity contribution in [3.05, 3.63) is 35.9 Å². The first-order valence-corrected chi connectivity index (χ1v) is 5.00. The Morgan fingerprint density at radius 3 is 2.60 bits per heavy atom. The van der Waals surface area contributed by atoms with Crippen molar-refractivity contribution >= 4 is 16.6 Å². The molecule has 0 bridgehead atoms. The molecule has 6 nitrogen and oxygen atoms in total. The van der Waals surface area contributed by atoms with Gasteiger partial charge in [0.2, 0.25) is 0 Å². The number of hydrogen-bond donors (Lipinski definition) is 1. The SMILES string of the molecule is O=C(N=S(=O)=O)ONCc1ccccc1. The average Bonchev–Trinajstić information content (AvgIpc) is 2.18. The maximum atomic E-state index is 10.6. The van der Waals surface area contributed by atoms with E-state index in [1.54, 1.807) is 0 Å². The van der Waals surface area contributed by atoms with Crippen LogP contribution in [0.5, 0.6) is 0 Å². The van der Waals surface area contributed by atoms with Gasteiger partial charge in [-0.1, -0.05) is 34.7 Å². The van der Waals surface area contributed by atoms with E-state index < -0.39 is 16.6 Å². The number of nitrogens with zero attached hydrogens (tertiary/aromatic N) is 1. The molecule has 0 aliphatic rings. The molecule has 0 atom stereocenters. The summed E-state index contributed by atoms with van der Waals surface area (Å²) >= 11 is 0. The molecule has 0 saturated heterocycles. The zero-order valence-electron chi connectivity index (χ0n) is 7.58. The largest absolute Gasteiger partial charge is 0.467 e. The topological polar surface area (TPSA) is 84.8 Å². The molecule has 0 spiro atoms. The maximum absolute atomic E-state index is 10.6. The van der Waals surface area contributed by atoms with Gasteiger partial charge in [-0.3, -0.25) is 0 Å². The molecule has 0 fully saturated rings. The molecular formula is C8H8N2O4S. The summed E-state index contributed by atoms with van der Waals surface area (Å²) in [6.07, 6.45) is -1.20. The van der Waals surface area contributed by atoms with Crippen LogP contribution in [0.25, 0.3) is 0 Å². The summed E-state index contributed by atoms with van der Waals surface area (Å²) in [7, 11) is -2.78. The van der Waals surface area contributed by atoms with Crippen LogP contribution in [-0.4, -0.2) is 14.5 Å². The smallest absolute Gasteiger partial charge is 0.351 e. The molecule has 1 N–H and O–H groups in total. The first kappa shape index (κ1) is 11.3. The predicted octanol–water partition coefficient (Wildman–Crippen LogP) is 0.891. The van der Waals surface area contributed by atoms with Crippen LogP contribution >= 0.6 is 0 Å². The molecule has 0 radical (unpaired) electrons. The van der Waals surface area contributed by atoms with Gasteiger partial charge in [0.15, 0.2) is 0 Å². The van der Waals surface area contributed by atoms with Crippen molar-refractivity contribution in [2.24, 2.45) is 4.36 Å². The van der Waals surface area contributed by atoms with Gasteiger partial charge < -0.3 is 4.84 Å². The van der Waals surface area contributed by atoms with E-state index >= 15 is 0 Å². The Bertz CT molecular complexity index is 447. The number of carbonyl (C=O) groups excluding carboxylic acids is 1. The van der Waals surface area contributed by atoms with Crippen LogP contribution in [0.1, 0.15) is 5.56 Å². The molecule has 1 aromatic carbocycles. The number of benzene rings is 1.